The van der Waals surface area contributed by atoms with Gasteiger partial charge in [-0.2, -0.15) is 0 Å². The van der Waals surface area contributed by atoms with E-state index >= 15 is 0 Å². The van der Waals surface area contributed by atoms with E-state index in [9.17, 15) is 8.78 Å². The van der Waals surface area contributed by atoms with E-state index in [0.29, 0.717) is 12.1 Å². The van der Waals surface area contributed by atoms with Crippen molar-refractivity contribution in [2.45, 2.75) is 20.0 Å². The summed E-state index contributed by atoms with van der Waals surface area (Å²) in [6.07, 6.45) is 1.56. The first-order valence-corrected chi connectivity index (χ1v) is 5.95. The van der Waals surface area contributed by atoms with Crippen LogP contribution >= 0.6 is 0 Å². The molecule has 1 aromatic heterocycles. The monoisotopic (exact) mass is 266 g/mol. The molecule has 0 aliphatic heterocycles. The minimum absolute atomic E-state index is 0.0576. The zero-order valence-electron chi connectivity index (χ0n) is 10.9. The molecule has 2 aromatic rings. The zero-order valence-corrected chi connectivity index (χ0v) is 10.9. The highest BCUT2D eigenvalue weighted by atomic mass is 19.1. The molecule has 3 nitrogen and oxygen atoms in total. The summed E-state index contributed by atoms with van der Waals surface area (Å²) in [6.45, 7) is 2.30. The largest absolute Gasteiger partial charge is 0.469 e. The third-order valence-electron chi connectivity index (χ3n) is 3.07. The van der Waals surface area contributed by atoms with Crippen LogP contribution in [-0.2, 0) is 13.1 Å². The van der Waals surface area contributed by atoms with E-state index in [1.54, 1.807) is 19.4 Å². The Morgan fingerprint density at radius 1 is 1.26 bits per heavy atom. The standard InChI is InChI=1S/C14H16F2N2O/c1-9-11(3-4-19-9)8-18(2)14-12(15)5-10(7-17)6-13(14)16/h3-6H,7-8,17H2,1-2H3. The maximum absolute atomic E-state index is 13.9. The van der Waals surface area contributed by atoms with Crippen LogP contribution < -0.4 is 10.6 Å². The summed E-state index contributed by atoms with van der Waals surface area (Å²) in [6, 6.07) is 4.31. The topological polar surface area (TPSA) is 42.4 Å². The molecule has 0 spiro atoms. The molecule has 0 saturated carbocycles. The summed E-state index contributed by atoms with van der Waals surface area (Å²) in [5, 5.41) is 0. The second kappa shape index (κ2) is 5.40. The third kappa shape index (κ3) is 2.76. The van der Waals surface area contributed by atoms with Gasteiger partial charge in [0.1, 0.15) is 23.1 Å². The van der Waals surface area contributed by atoms with Crippen LogP contribution in [0.15, 0.2) is 28.9 Å². The molecule has 0 aliphatic carbocycles. The Kier molecular flexibility index (Phi) is 3.85. The van der Waals surface area contributed by atoms with Gasteiger partial charge in [0.15, 0.2) is 0 Å². The van der Waals surface area contributed by atoms with Crippen molar-refractivity contribution in [2.24, 2.45) is 5.73 Å². The molecule has 0 atom stereocenters. The lowest BCUT2D eigenvalue weighted by Crippen LogP contribution is -2.19. The Bertz CT molecular complexity index is 558. The lowest BCUT2D eigenvalue weighted by atomic mass is 10.1. The van der Waals surface area contributed by atoms with Gasteiger partial charge >= 0.3 is 0 Å². The number of nitrogens with zero attached hydrogens (tertiary/aromatic N) is 1. The molecule has 2 rings (SSSR count). The van der Waals surface area contributed by atoms with Gasteiger partial charge in [0.25, 0.3) is 0 Å². The van der Waals surface area contributed by atoms with Crippen molar-refractivity contribution in [3.05, 3.63) is 53.0 Å². The van der Waals surface area contributed by atoms with Crippen molar-refractivity contribution in [3.63, 3.8) is 0 Å². The fourth-order valence-electron chi connectivity index (χ4n) is 2.01. The molecular weight excluding hydrogens is 250 g/mol. The van der Waals surface area contributed by atoms with Crippen molar-refractivity contribution in [1.82, 2.24) is 0 Å². The van der Waals surface area contributed by atoms with Crippen LogP contribution in [0.3, 0.4) is 0 Å². The average molecular weight is 266 g/mol. The Balaban J connectivity index is 2.29. The summed E-state index contributed by atoms with van der Waals surface area (Å²) in [5.41, 5.74) is 6.66. The maximum atomic E-state index is 13.9. The van der Waals surface area contributed by atoms with Crippen molar-refractivity contribution in [2.75, 3.05) is 11.9 Å². The minimum atomic E-state index is -0.607. The predicted molar refractivity (Wildman–Crippen MR) is 69.8 cm³/mol. The number of benzene rings is 1. The average Bonchev–Trinajstić information content (AvgIpc) is 2.74. The maximum Gasteiger partial charge on any atom is 0.149 e. The number of hydrogen-bond donors (Lipinski definition) is 1. The minimum Gasteiger partial charge on any atom is -0.469 e. The van der Waals surface area contributed by atoms with Crippen LogP contribution in [0, 0.1) is 18.6 Å². The van der Waals surface area contributed by atoms with Crippen molar-refractivity contribution in [1.29, 1.82) is 0 Å². The van der Waals surface area contributed by atoms with Gasteiger partial charge < -0.3 is 15.1 Å². The van der Waals surface area contributed by atoms with Gasteiger partial charge in [-0.25, -0.2) is 8.78 Å². The molecule has 0 bridgehead atoms. The summed E-state index contributed by atoms with van der Waals surface area (Å²) in [7, 11) is 1.63. The van der Waals surface area contributed by atoms with E-state index in [-0.39, 0.29) is 12.2 Å². The highest BCUT2D eigenvalue weighted by Gasteiger charge is 2.16. The molecule has 1 heterocycles. The molecule has 0 radical (unpaired) electrons. The molecule has 0 fully saturated rings. The Morgan fingerprint density at radius 2 is 1.89 bits per heavy atom. The molecule has 5 heteroatoms. The van der Waals surface area contributed by atoms with Gasteiger partial charge in [0, 0.05) is 25.7 Å². The molecule has 2 N–H and O–H groups in total. The van der Waals surface area contributed by atoms with Crippen molar-refractivity contribution >= 4 is 5.69 Å². The number of hydrogen-bond acceptors (Lipinski definition) is 3. The fraction of sp³-hybridized carbons (Fsp3) is 0.286. The molecule has 102 valence electrons. The first kappa shape index (κ1) is 13.5. The van der Waals surface area contributed by atoms with Gasteiger partial charge in [-0.15, -0.1) is 0 Å². The summed E-state index contributed by atoms with van der Waals surface area (Å²) in [5.74, 6) is -0.473. The summed E-state index contributed by atoms with van der Waals surface area (Å²) in [4.78, 5) is 1.52. The highest BCUT2D eigenvalue weighted by molar-refractivity contribution is 5.50. The number of aryl methyl sites for hydroxylation is 1. The molecule has 0 saturated heterocycles. The van der Waals surface area contributed by atoms with E-state index < -0.39 is 11.6 Å². The number of nitrogens with two attached hydrogens (primary N) is 1. The number of furan rings is 1. The van der Waals surface area contributed by atoms with Crippen LogP contribution in [0.4, 0.5) is 14.5 Å². The summed E-state index contributed by atoms with van der Waals surface area (Å²) >= 11 is 0. The molecule has 0 amide bonds. The molecule has 0 aliphatic rings. The van der Waals surface area contributed by atoms with E-state index in [1.807, 2.05) is 6.92 Å². The van der Waals surface area contributed by atoms with Gasteiger partial charge in [-0.1, -0.05) is 0 Å². The van der Waals surface area contributed by atoms with E-state index in [2.05, 4.69) is 0 Å². The number of anilines is 1. The zero-order chi connectivity index (χ0) is 14.0. The second-order valence-corrected chi connectivity index (χ2v) is 4.47. The van der Waals surface area contributed by atoms with Crippen LogP contribution in [-0.4, -0.2) is 7.05 Å². The molecule has 19 heavy (non-hydrogen) atoms. The van der Waals surface area contributed by atoms with E-state index in [0.717, 1.165) is 11.3 Å². The smallest absolute Gasteiger partial charge is 0.149 e. The number of halogens is 2. The lowest BCUT2D eigenvalue weighted by Gasteiger charge is -2.20. The normalized spacial score (nSPS) is 10.8. The van der Waals surface area contributed by atoms with Crippen molar-refractivity contribution in [3.8, 4) is 0 Å². The van der Waals surface area contributed by atoms with Gasteiger partial charge in [-0.05, 0) is 30.7 Å². The highest BCUT2D eigenvalue weighted by Crippen LogP contribution is 2.26. The predicted octanol–water partition coefficient (Wildman–Crippen LogP) is 2.96. The Hall–Kier alpha value is -1.88. The fourth-order valence-corrected chi connectivity index (χ4v) is 2.01. The first-order chi connectivity index (χ1) is 9.02. The van der Waals surface area contributed by atoms with E-state index in [4.69, 9.17) is 10.2 Å². The second-order valence-electron chi connectivity index (χ2n) is 4.47. The van der Waals surface area contributed by atoms with Crippen molar-refractivity contribution < 1.29 is 13.2 Å². The van der Waals surface area contributed by atoms with Crippen LogP contribution in [0.1, 0.15) is 16.9 Å². The first-order valence-electron chi connectivity index (χ1n) is 5.95. The summed E-state index contributed by atoms with van der Waals surface area (Å²) < 4.78 is 33.0. The third-order valence-corrected chi connectivity index (χ3v) is 3.07. The van der Waals surface area contributed by atoms with E-state index in [1.165, 1.54) is 17.0 Å². The van der Waals surface area contributed by atoms with Crippen LogP contribution in [0.2, 0.25) is 0 Å². The van der Waals surface area contributed by atoms with Crippen LogP contribution in [0.5, 0.6) is 0 Å². The number of rotatable bonds is 4. The van der Waals surface area contributed by atoms with Gasteiger partial charge in [0.05, 0.1) is 6.26 Å². The Morgan fingerprint density at radius 3 is 2.37 bits per heavy atom. The SMILES string of the molecule is Cc1occc1CN(C)c1c(F)cc(CN)cc1F. The van der Waals surface area contributed by atoms with Gasteiger partial charge in [-0.3, -0.25) is 0 Å². The van der Waals surface area contributed by atoms with Crippen LogP contribution in [0.25, 0.3) is 0 Å². The molecule has 0 unspecified atom stereocenters. The molecular formula is C14H16F2N2O. The molecule has 1 aromatic carbocycles. The quantitative estimate of drug-likeness (QED) is 0.925. The Labute approximate surface area is 110 Å². The lowest BCUT2D eigenvalue weighted by molar-refractivity contribution is 0.528. The van der Waals surface area contributed by atoms with Gasteiger partial charge in [0.2, 0.25) is 0 Å².